The summed E-state index contributed by atoms with van der Waals surface area (Å²) in [5, 5.41) is 1.12. The summed E-state index contributed by atoms with van der Waals surface area (Å²) in [6, 6.07) is 18.6. The van der Waals surface area contributed by atoms with E-state index in [9.17, 15) is 0 Å². The topological polar surface area (TPSA) is 51.6 Å². The van der Waals surface area contributed by atoms with Crippen molar-refractivity contribution in [2.24, 2.45) is 0 Å². The Morgan fingerprint density at radius 1 is 0.848 bits per heavy atom. The molecule has 0 fully saturated rings. The Morgan fingerprint density at radius 3 is 2.45 bits per heavy atom. The maximum Gasteiger partial charge on any atom is 0.143 e. The highest BCUT2D eigenvalue weighted by Gasteiger charge is 2.23. The van der Waals surface area contributed by atoms with Crippen molar-refractivity contribution < 1.29 is 0 Å². The van der Waals surface area contributed by atoms with E-state index in [1.807, 2.05) is 37.3 Å². The molecule has 0 aliphatic heterocycles. The minimum absolute atomic E-state index is 0.833. The van der Waals surface area contributed by atoms with Crippen molar-refractivity contribution in [3.05, 3.63) is 91.0 Å². The molecule has 33 heavy (non-hydrogen) atoms. The molecule has 0 aliphatic carbocycles. The summed E-state index contributed by atoms with van der Waals surface area (Å²) in [6.07, 6.45) is 7.87. The van der Waals surface area contributed by atoms with Crippen LogP contribution in [0.25, 0.3) is 59.2 Å². The molecule has 158 valence electrons. The molecule has 3 aromatic carbocycles. The molecule has 4 nitrogen and oxygen atoms in total. The van der Waals surface area contributed by atoms with Gasteiger partial charge in [-0.15, -0.1) is 11.3 Å². The van der Waals surface area contributed by atoms with Gasteiger partial charge in [0, 0.05) is 21.2 Å². The molecule has 0 saturated heterocycles. The van der Waals surface area contributed by atoms with Gasteiger partial charge in [-0.2, -0.15) is 8.75 Å². The van der Waals surface area contributed by atoms with E-state index in [1.54, 1.807) is 17.4 Å². The van der Waals surface area contributed by atoms with Gasteiger partial charge in [-0.05, 0) is 24.1 Å². The van der Waals surface area contributed by atoms with Crippen LogP contribution in [0.2, 0.25) is 0 Å². The highest BCUT2D eigenvalue weighted by molar-refractivity contribution is 7.25. The molecule has 0 radical (unpaired) electrons. The Hall–Kier alpha value is -3.74. The lowest BCUT2D eigenvalue weighted by atomic mass is 9.94. The van der Waals surface area contributed by atoms with Crippen LogP contribution in [0.5, 0.6) is 0 Å². The zero-order valence-corrected chi connectivity index (χ0v) is 19.5. The first-order valence-electron chi connectivity index (χ1n) is 10.6. The zero-order chi connectivity index (χ0) is 22.4. The van der Waals surface area contributed by atoms with Crippen LogP contribution in [0.1, 0.15) is 12.5 Å². The number of benzene rings is 3. The summed E-state index contributed by atoms with van der Waals surface area (Å²) >= 11 is 2.89. The van der Waals surface area contributed by atoms with Crippen LogP contribution in [0.4, 0.5) is 0 Å². The third-order valence-electron chi connectivity index (χ3n) is 5.64. The number of hydrogen-bond donors (Lipinski definition) is 0. The first-order chi connectivity index (χ1) is 16.3. The van der Waals surface area contributed by atoms with Gasteiger partial charge in [0.1, 0.15) is 32.4 Å². The number of allylic oxidation sites excluding steroid dienone is 5. The van der Waals surface area contributed by atoms with Crippen molar-refractivity contribution in [2.45, 2.75) is 6.92 Å². The second-order valence-electron chi connectivity index (χ2n) is 7.61. The third-order valence-corrected chi connectivity index (χ3v) is 7.23. The Kier molecular flexibility index (Phi) is 4.82. The predicted octanol–water partition coefficient (Wildman–Crippen LogP) is 7.81. The SMILES string of the molecule is C=C/C=C(\C=C/C)c1c2nsnc2c(-c2ccccc2)c2nc3c(nc12)sc1ccccc13. The molecular weight excluding hydrogens is 444 g/mol. The molecule has 0 aliphatic rings. The Labute approximate surface area is 198 Å². The van der Waals surface area contributed by atoms with Gasteiger partial charge in [0.2, 0.25) is 0 Å². The molecule has 6 aromatic rings. The summed E-state index contributed by atoms with van der Waals surface area (Å²) in [5.74, 6) is 0. The summed E-state index contributed by atoms with van der Waals surface area (Å²) in [6.45, 7) is 5.93. The maximum absolute atomic E-state index is 5.24. The standard InChI is InChI=1S/C27H18N4S2/c1-3-10-16(11-4-2)20-24-23(28-22-18-14-8-9-15-19(18)32-27(22)29-24)21(17-12-6-5-7-13-17)26-25(20)30-33-31-26/h3-15H,1H2,2H3/b11-4-,16-10+. The molecule has 0 atom stereocenters. The van der Waals surface area contributed by atoms with Crippen molar-refractivity contribution in [1.29, 1.82) is 0 Å². The summed E-state index contributed by atoms with van der Waals surface area (Å²) < 4.78 is 10.6. The van der Waals surface area contributed by atoms with E-state index in [2.05, 4.69) is 49.1 Å². The molecule has 0 bridgehead atoms. The van der Waals surface area contributed by atoms with Crippen LogP contribution in [-0.4, -0.2) is 18.7 Å². The largest absolute Gasteiger partial charge is 0.242 e. The van der Waals surface area contributed by atoms with Gasteiger partial charge in [0.15, 0.2) is 0 Å². The van der Waals surface area contributed by atoms with Gasteiger partial charge in [0.25, 0.3) is 0 Å². The third kappa shape index (κ3) is 3.10. The minimum Gasteiger partial charge on any atom is -0.242 e. The van der Waals surface area contributed by atoms with E-state index in [1.165, 1.54) is 16.4 Å². The van der Waals surface area contributed by atoms with Crippen LogP contribution < -0.4 is 0 Å². The summed E-state index contributed by atoms with van der Waals surface area (Å²) in [4.78, 5) is 11.4. The van der Waals surface area contributed by atoms with Gasteiger partial charge in [-0.3, -0.25) is 0 Å². The van der Waals surface area contributed by atoms with E-state index in [0.717, 1.165) is 60.1 Å². The fourth-order valence-corrected chi connectivity index (χ4v) is 5.87. The van der Waals surface area contributed by atoms with Crippen LogP contribution in [0.15, 0.2) is 85.5 Å². The minimum atomic E-state index is 0.833. The van der Waals surface area contributed by atoms with Gasteiger partial charge < -0.3 is 0 Å². The molecule has 0 spiro atoms. The molecular formula is C27H18N4S2. The smallest absolute Gasteiger partial charge is 0.143 e. The van der Waals surface area contributed by atoms with Crippen LogP contribution in [-0.2, 0) is 0 Å². The predicted molar refractivity (Wildman–Crippen MR) is 142 cm³/mol. The lowest BCUT2D eigenvalue weighted by Gasteiger charge is -2.13. The summed E-state index contributed by atoms with van der Waals surface area (Å²) in [7, 11) is 0. The fourth-order valence-electron chi connectivity index (χ4n) is 4.29. The fraction of sp³-hybridized carbons (Fsp3) is 0.0370. The normalized spacial score (nSPS) is 12.6. The van der Waals surface area contributed by atoms with E-state index in [0.29, 0.717) is 0 Å². The van der Waals surface area contributed by atoms with Gasteiger partial charge in [-0.25, -0.2) is 9.97 Å². The average molecular weight is 463 g/mol. The first kappa shape index (κ1) is 19.9. The second-order valence-corrected chi connectivity index (χ2v) is 9.17. The van der Waals surface area contributed by atoms with Crippen LogP contribution in [0.3, 0.4) is 0 Å². The van der Waals surface area contributed by atoms with Crippen LogP contribution >= 0.6 is 23.1 Å². The number of nitrogens with zero attached hydrogens (tertiary/aromatic N) is 4. The van der Waals surface area contributed by atoms with Gasteiger partial charge in [0.05, 0.1) is 11.7 Å². The second kappa shape index (κ2) is 7.99. The van der Waals surface area contributed by atoms with Crippen molar-refractivity contribution >= 4 is 71.1 Å². The molecule has 0 saturated carbocycles. The molecule has 3 heterocycles. The maximum atomic E-state index is 5.24. The first-order valence-corrected chi connectivity index (χ1v) is 12.1. The highest BCUT2D eigenvalue weighted by Crippen LogP contribution is 2.42. The van der Waals surface area contributed by atoms with E-state index < -0.39 is 0 Å². The number of thiophene rings is 1. The van der Waals surface area contributed by atoms with E-state index in [4.69, 9.17) is 18.7 Å². The molecule has 0 N–H and O–H groups in total. The molecule has 3 aromatic heterocycles. The lowest BCUT2D eigenvalue weighted by Crippen LogP contribution is -1.97. The van der Waals surface area contributed by atoms with Crippen molar-refractivity contribution in [3.8, 4) is 11.1 Å². The van der Waals surface area contributed by atoms with Crippen molar-refractivity contribution in [3.63, 3.8) is 0 Å². The quantitative estimate of drug-likeness (QED) is 0.251. The Bertz CT molecular complexity index is 1740. The van der Waals surface area contributed by atoms with E-state index >= 15 is 0 Å². The Balaban J connectivity index is 1.88. The van der Waals surface area contributed by atoms with E-state index in [-0.39, 0.29) is 0 Å². The molecule has 0 amide bonds. The molecule has 0 unspecified atom stereocenters. The van der Waals surface area contributed by atoms with Crippen molar-refractivity contribution in [1.82, 2.24) is 18.7 Å². The van der Waals surface area contributed by atoms with Gasteiger partial charge in [-0.1, -0.05) is 79.4 Å². The number of hydrogen-bond acceptors (Lipinski definition) is 6. The monoisotopic (exact) mass is 462 g/mol. The van der Waals surface area contributed by atoms with Crippen molar-refractivity contribution in [2.75, 3.05) is 0 Å². The average Bonchev–Trinajstić information content (AvgIpc) is 3.46. The summed E-state index contributed by atoms with van der Waals surface area (Å²) in [5.41, 5.74) is 8.25. The highest BCUT2D eigenvalue weighted by atomic mass is 32.1. The number of fused-ring (bicyclic) bond motifs is 5. The molecule has 6 heteroatoms. The molecule has 6 rings (SSSR count). The zero-order valence-electron chi connectivity index (χ0n) is 17.8. The number of rotatable bonds is 4. The lowest BCUT2D eigenvalue weighted by molar-refractivity contribution is 1.42. The van der Waals surface area contributed by atoms with Gasteiger partial charge >= 0.3 is 0 Å². The number of aromatic nitrogens is 4. The van der Waals surface area contributed by atoms with Crippen LogP contribution in [0, 0.1) is 0 Å². The Morgan fingerprint density at radius 2 is 1.64 bits per heavy atom.